The number of nitro groups is 1. The highest BCUT2D eigenvalue weighted by atomic mass is 16.6. The minimum absolute atomic E-state index is 0.160. The summed E-state index contributed by atoms with van der Waals surface area (Å²) in [4.78, 5) is 10.3. The Morgan fingerprint density at radius 1 is 1.29 bits per heavy atom. The van der Waals surface area contributed by atoms with E-state index in [1.54, 1.807) is 12.1 Å². The highest BCUT2D eigenvalue weighted by Crippen LogP contribution is 2.35. The smallest absolute Gasteiger partial charge is 0.269 e. The summed E-state index contributed by atoms with van der Waals surface area (Å²) in [6.07, 6.45) is 5.66. The summed E-state index contributed by atoms with van der Waals surface area (Å²) in [7, 11) is 0. The summed E-state index contributed by atoms with van der Waals surface area (Å²) in [5, 5.41) is 10.6. The van der Waals surface area contributed by atoms with Crippen LogP contribution < -0.4 is 5.73 Å². The van der Waals surface area contributed by atoms with E-state index in [0.717, 1.165) is 31.1 Å². The van der Waals surface area contributed by atoms with Crippen LogP contribution in [0, 0.1) is 27.9 Å². The van der Waals surface area contributed by atoms with Crippen molar-refractivity contribution in [3.05, 3.63) is 39.9 Å². The van der Waals surface area contributed by atoms with Crippen LogP contribution in [-0.4, -0.2) is 11.0 Å². The minimum Gasteiger partial charge on any atom is -0.327 e. The molecule has 0 aliphatic heterocycles. The van der Waals surface area contributed by atoms with E-state index >= 15 is 0 Å². The van der Waals surface area contributed by atoms with Crippen LogP contribution in [0.15, 0.2) is 24.3 Å². The van der Waals surface area contributed by atoms with Crippen LogP contribution in [0.3, 0.4) is 0 Å². The molecule has 116 valence electrons. The van der Waals surface area contributed by atoms with Crippen molar-refractivity contribution in [1.29, 1.82) is 0 Å². The quantitative estimate of drug-likeness (QED) is 0.660. The van der Waals surface area contributed by atoms with Gasteiger partial charge >= 0.3 is 0 Å². The Bertz CT molecular complexity index is 470. The first kappa shape index (κ1) is 16.0. The lowest BCUT2D eigenvalue weighted by Gasteiger charge is -2.36. The van der Waals surface area contributed by atoms with Crippen molar-refractivity contribution in [2.24, 2.45) is 23.5 Å². The topological polar surface area (TPSA) is 69.2 Å². The molecule has 1 aliphatic carbocycles. The average molecular weight is 290 g/mol. The monoisotopic (exact) mass is 290 g/mol. The van der Waals surface area contributed by atoms with Crippen LogP contribution in [0.4, 0.5) is 5.69 Å². The molecule has 1 aromatic carbocycles. The number of non-ortho nitro benzene ring substituents is 1. The van der Waals surface area contributed by atoms with Gasteiger partial charge in [-0.1, -0.05) is 26.0 Å². The first-order valence-electron chi connectivity index (χ1n) is 7.96. The molecule has 4 nitrogen and oxygen atoms in total. The van der Waals surface area contributed by atoms with Gasteiger partial charge in [-0.3, -0.25) is 10.1 Å². The van der Waals surface area contributed by atoms with Gasteiger partial charge in [0.2, 0.25) is 0 Å². The zero-order valence-electron chi connectivity index (χ0n) is 13.0. The largest absolute Gasteiger partial charge is 0.327 e. The molecule has 1 aromatic rings. The fourth-order valence-corrected chi connectivity index (χ4v) is 3.40. The maximum absolute atomic E-state index is 10.6. The predicted molar refractivity (Wildman–Crippen MR) is 85.1 cm³/mol. The molecule has 0 saturated heterocycles. The van der Waals surface area contributed by atoms with Crippen LogP contribution in [-0.2, 0) is 6.42 Å². The van der Waals surface area contributed by atoms with E-state index in [-0.39, 0.29) is 10.6 Å². The average Bonchev–Trinajstić information content (AvgIpc) is 2.46. The van der Waals surface area contributed by atoms with Gasteiger partial charge in [-0.2, -0.15) is 0 Å². The zero-order chi connectivity index (χ0) is 15.4. The Morgan fingerprint density at radius 3 is 2.52 bits per heavy atom. The number of nitrogens with two attached hydrogens (primary N) is 1. The van der Waals surface area contributed by atoms with Crippen molar-refractivity contribution in [3.63, 3.8) is 0 Å². The van der Waals surface area contributed by atoms with Gasteiger partial charge in [0.05, 0.1) is 4.92 Å². The molecular weight excluding hydrogens is 264 g/mol. The fraction of sp³-hybridized carbons (Fsp3) is 0.647. The lowest BCUT2D eigenvalue weighted by Crippen LogP contribution is -2.37. The summed E-state index contributed by atoms with van der Waals surface area (Å²) in [5.74, 6) is 2.12. The molecule has 3 atom stereocenters. The minimum atomic E-state index is -0.353. The molecule has 3 unspecified atom stereocenters. The Labute approximate surface area is 126 Å². The Hall–Kier alpha value is -1.42. The highest BCUT2D eigenvalue weighted by Gasteiger charge is 2.29. The van der Waals surface area contributed by atoms with Crippen LogP contribution in [0.25, 0.3) is 0 Å². The third-order valence-electron chi connectivity index (χ3n) is 4.98. The molecular formula is C17H26N2O2. The number of rotatable bonds is 5. The maximum Gasteiger partial charge on any atom is 0.269 e. The van der Waals surface area contributed by atoms with Gasteiger partial charge < -0.3 is 5.73 Å². The molecule has 1 fully saturated rings. The Balaban J connectivity index is 1.90. The van der Waals surface area contributed by atoms with Crippen LogP contribution >= 0.6 is 0 Å². The van der Waals surface area contributed by atoms with Gasteiger partial charge in [-0.05, 0) is 55.4 Å². The second kappa shape index (κ2) is 7.03. The van der Waals surface area contributed by atoms with Crippen molar-refractivity contribution in [2.45, 2.75) is 52.0 Å². The number of nitro benzene ring substituents is 1. The van der Waals surface area contributed by atoms with Gasteiger partial charge in [0.25, 0.3) is 5.69 Å². The van der Waals surface area contributed by atoms with Crippen LogP contribution in [0.2, 0.25) is 0 Å². The molecule has 1 saturated carbocycles. The zero-order valence-corrected chi connectivity index (χ0v) is 13.0. The standard InChI is InChI=1S/C17H26N2O2/c1-12(2)14-7-10-17(18)15(11-14)6-3-13-4-8-16(9-5-13)19(20)21/h4-5,8-9,12,14-15,17H,3,6-7,10-11,18H2,1-2H3. The van der Waals surface area contributed by atoms with Crippen LogP contribution in [0.1, 0.15) is 45.1 Å². The lowest BCUT2D eigenvalue weighted by atomic mass is 9.72. The normalized spacial score (nSPS) is 26.0. The molecule has 2 N–H and O–H groups in total. The SMILES string of the molecule is CC(C)C1CCC(N)C(CCc2ccc([N+](=O)[O-])cc2)C1. The fourth-order valence-electron chi connectivity index (χ4n) is 3.40. The van der Waals surface area contributed by atoms with Crippen molar-refractivity contribution < 1.29 is 4.92 Å². The lowest BCUT2D eigenvalue weighted by molar-refractivity contribution is -0.384. The van der Waals surface area contributed by atoms with E-state index in [4.69, 9.17) is 5.73 Å². The second-order valence-electron chi connectivity index (χ2n) is 6.70. The summed E-state index contributed by atoms with van der Waals surface area (Å²) in [6.45, 7) is 4.60. The molecule has 0 radical (unpaired) electrons. The van der Waals surface area contributed by atoms with Crippen molar-refractivity contribution in [1.82, 2.24) is 0 Å². The Morgan fingerprint density at radius 2 is 1.95 bits per heavy atom. The van der Waals surface area contributed by atoms with Gasteiger partial charge in [0.15, 0.2) is 0 Å². The van der Waals surface area contributed by atoms with E-state index in [1.165, 1.54) is 18.4 Å². The van der Waals surface area contributed by atoms with E-state index in [1.807, 2.05) is 12.1 Å². The maximum atomic E-state index is 10.6. The molecule has 4 heteroatoms. The first-order valence-corrected chi connectivity index (χ1v) is 7.96. The third-order valence-corrected chi connectivity index (χ3v) is 4.98. The molecule has 0 aromatic heterocycles. The molecule has 0 amide bonds. The summed E-state index contributed by atoms with van der Waals surface area (Å²) in [5.41, 5.74) is 7.61. The number of hydrogen-bond donors (Lipinski definition) is 1. The van der Waals surface area contributed by atoms with Gasteiger partial charge in [0.1, 0.15) is 0 Å². The van der Waals surface area contributed by atoms with Crippen LogP contribution in [0.5, 0.6) is 0 Å². The number of benzene rings is 1. The number of nitrogens with zero attached hydrogens (tertiary/aromatic N) is 1. The highest BCUT2D eigenvalue weighted by molar-refractivity contribution is 5.32. The second-order valence-corrected chi connectivity index (χ2v) is 6.70. The molecule has 21 heavy (non-hydrogen) atoms. The van der Waals surface area contributed by atoms with E-state index in [2.05, 4.69) is 13.8 Å². The molecule has 1 aliphatic rings. The van der Waals surface area contributed by atoms with Gasteiger partial charge in [-0.15, -0.1) is 0 Å². The van der Waals surface area contributed by atoms with E-state index in [9.17, 15) is 10.1 Å². The summed E-state index contributed by atoms with van der Waals surface area (Å²) in [6, 6.07) is 7.23. The van der Waals surface area contributed by atoms with Crippen molar-refractivity contribution in [2.75, 3.05) is 0 Å². The van der Waals surface area contributed by atoms with Gasteiger partial charge in [0, 0.05) is 18.2 Å². The summed E-state index contributed by atoms with van der Waals surface area (Å²) >= 11 is 0. The van der Waals surface area contributed by atoms with Gasteiger partial charge in [-0.25, -0.2) is 0 Å². The number of aryl methyl sites for hydroxylation is 1. The Kier molecular flexibility index (Phi) is 5.34. The first-order chi connectivity index (χ1) is 9.97. The van der Waals surface area contributed by atoms with E-state index in [0.29, 0.717) is 12.0 Å². The third kappa shape index (κ3) is 4.27. The molecule has 0 spiro atoms. The predicted octanol–water partition coefficient (Wildman–Crippen LogP) is 3.93. The van der Waals surface area contributed by atoms with Crippen molar-refractivity contribution >= 4 is 5.69 Å². The molecule has 0 bridgehead atoms. The summed E-state index contributed by atoms with van der Waals surface area (Å²) < 4.78 is 0. The van der Waals surface area contributed by atoms with E-state index < -0.39 is 0 Å². The number of hydrogen-bond acceptors (Lipinski definition) is 3. The van der Waals surface area contributed by atoms with Crippen molar-refractivity contribution in [3.8, 4) is 0 Å². The molecule has 2 rings (SSSR count). The molecule has 0 heterocycles.